The van der Waals surface area contributed by atoms with Gasteiger partial charge in [-0.25, -0.2) is 9.50 Å². The van der Waals surface area contributed by atoms with Gasteiger partial charge >= 0.3 is 0 Å². The Morgan fingerprint density at radius 3 is 2.61 bits per heavy atom. The number of nitrogens with zero attached hydrogens (tertiary/aromatic N) is 4. The van der Waals surface area contributed by atoms with Gasteiger partial charge in [-0.05, 0) is 31.9 Å². The number of benzene rings is 1. The second kappa shape index (κ2) is 3.91. The highest BCUT2D eigenvalue weighted by atomic mass is 15.3. The summed E-state index contributed by atoms with van der Waals surface area (Å²) in [6.07, 6.45) is 1.54. The van der Waals surface area contributed by atoms with Gasteiger partial charge in [-0.3, -0.25) is 0 Å². The van der Waals surface area contributed by atoms with Crippen molar-refractivity contribution in [2.75, 3.05) is 0 Å². The number of fused-ring (bicyclic) bond motifs is 1. The first-order valence-corrected chi connectivity index (χ1v) is 5.91. The molecule has 4 nitrogen and oxygen atoms in total. The van der Waals surface area contributed by atoms with Crippen molar-refractivity contribution < 1.29 is 0 Å². The van der Waals surface area contributed by atoms with Gasteiger partial charge in [-0.2, -0.15) is 10.1 Å². The van der Waals surface area contributed by atoms with Gasteiger partial charge in [0, 0.05) is 5.56 Å². The molecule has 0 N–H and O–H groups in total. The van der Waals surface area contributed by atoms with E-state index in [0.717, 1.165) is 17.0 Å². The Balaban J connectivity index is 2.39. The van der Waals surface area contributed by atoms with E-state index >= 15 is 0 Å². The van der Waals surface area contributed by atoms with Crippen LogP contribution in [0.2, 0.25) is 0 Å². The van der Waals surface area contributed by atoms with Crippen LogP contribution in [0.5, 0.6) is 0 Å². The molecular weight excluding hydrogens is 224 g/mol. The zero-order valence-corrected chi connectivity index (χ0v) is 10.7. The summed E-state index contributed by atoms with van der Waals surface area (Å²) in [5, 5.41) is 4.22. The lowest BCUT2D eigenvalue weighted by Gasteiger charge is -2.12. The number of aryl methyl sites for hydroxylation is 3. The van der Waals surface area contributed by atoms with E-state index < -0.39 is 0 Å². The Labute approximate surface area is 105 Å². The first kappa shape index (κ1) is 10.9. The Kier molecular flexibility index (Phi) is 2.37. The molecule has 0 fully saturated rings. The highest BCUT2D eigenvalue weighted by molar-refractivity contribution is 5.72. The maximum absolute atomic E-state index is 4.50. The number of hydrogen-bond donors (Lipinski definition) is 0. The van der Waals surface area contributed by atoms with E-state index in [2.05, 4.69) is 41.0 Å². The molecule has 3 rings (SSSR count). The minimum Gasteiger partial charge on any atom is -0.216 e. The van der Waals surface area contributed by atoms with Gasteiger partial charge in [0.15, 0.2) is 0 Å². The molecule has 0 saturated heterocycles. The van der Waals surface area contributed by atoms with Gasteiger partial charge in [-0.1, -0.05) is 24.3 Å². The lowest BCUT2D eigenvalue weighted by Crippen LogP contribution is -2.03. The third-order valence-electron chi connectivity index (χ3n) is 3.25. The molecule has 0 amide bonds. The third kappa shape index (κ3) is 1.49. The molecular formula is C14H14N4. The predicted octanol–water partition coefficient (Wildman–Crippen LogP) is 2.72. The fourth-order valence-electron chi connectivity index (χ4n) is 2.37. The second-order valence-corrected chi connectivity index (χ2v) is 4.44. The van der Waals surface area contributed by atoms with Gasteiger partial charge in [-0.15, -0.1) is 0 Å². The minimum absolute atomic E-state index is 0.655. The van der Waals surface area contributed by atoms with E-state index in [1.54, 1.807) is 4.52 Å². The summed E-state index contributed by atoms with van der Waals surface area (Å²) in [6.45, 7) is 6.18. The zero-order valence-electron chi connectivity index (χ0n) is 10.7. The molecule has 0 spiro atoms. The van der Waals surface area contributed by atoms with E-state index in [1.165, 1.54) is 17.5 Å². The highest BCUT2D eigenvalue weighted by Crippen LogP contribution is 2.28. The summed E-state index contributed by atoms with van der Waals surface area (Å²) in [5.74, 6) is 0.655. The maximum atomic E-state index is 4.50. The molecule has 0 aliphatic heterocycles. The van der Waals surface area contributed by atoms with Crippen molar-refractivity contribution in [1.82, 2.24) is 19.6 Å². The zero-order chi connectivity index (χ0) is 12.7. The van der Waals surface area contributed by atoms with Crippen molar-refractivity contribution in [3.05, 3.63) is 47.5 Å². The van der Waals surface area contributed by atoms with Crippen LogP contribution in [0.25, 0.3) is 16.9 Å². The molecule has 2 heterocycles. The molecule has 1 aromatic carbocycles. The lowest BCUT2D eigenvalue weighted by molar-refractivity contribution is 0.888. The van der Waals surface area contributed by atoms with Crippen LogP contribution in [0.15, 0.2) is 30.6 Å². The van der Waals surface area contributed by atoms with Crippen LogP contribution < -0.4 is 0 Å². The van der Waals surface area contributed by atoms with Gasteiger partial charge in [0.05, 0.1) is 11.4 Å². The number of hydrogen-bond acceptors (Lipinski definition) is 3. The molecule has 3 aromatic rings. The van der Waals surface area contributed by atoms with E-state index in [9.17, 15) is 0 Å². The molecule has 0 aliphatic carbocycles. The summed E-state index contributed by atoms with van der Waals surface area (Å²) in [7, 11) is 0. The van der Waals surface area contributed by atoms with Crippen LogP contribution in [0.1, 0.15) is 17.0 Å². The quantitative estimate of drug-likeness (QED) is 0.654. The molecule has 4 heteroatoms. The van der Waals surface area contributed by atoms with Crippen molar-refractivity contribution in [3.8, 4) is 11.1 Å². The predicted molar refractivity (Wildman–Crippen MR) is 70.4 cm³/mol. The van der Waals surface area contributed by atoms with Crippen molar-refractivity contribution in [2.24, 2.45) is 0 Å². The van der Waals surface area contributed by atoms with Crippen LogP contribution in [-0.4, -0.2) is 19.6 Å². The Hall–Kier alpha value is -2.23. The van der Waals surface area contributed by atoms with Crippen molar-refractivity contribution in [1.29, 1.82) is 0 Å². The Morgan fingerprint density at radius 1 is 1.06 bits per heavy atom. The van der Waals surface area contributed by atoms with E-state index in [0.29, 0.717) is 5.78 Å². The van der Waals surface area contributed by atoms with Gasteiger partial charge in [0.2, 0.25) is 0 Å². The largest absolute Gasteiger partial charge is 0.252 e. The lowest BCUT2D eigenvalue weighted by atomic mass is 9.98. The number of rotatable bonds is 1. The average Bonchev–Trinajstić information content (AvgIpc) is 2.79. The average molecular weight is 238 g/mol. The second-order valence-electron chi connectivity index (χ2n) is 4.44. The molecule has 0 saturated carbocycles. The van der Waals surface area contributed by atoms with E-state index in [4.69, 9.17) is 0 Å². The summed E-state index contributed by atoms with van der Waals surface area (Å²) in [4.78, 5) is 8.64. The van der Waals surface area contributed by atoms with Crippen molar-refractivity contribution in [3.63, 3.8) is 0 Å². The van der Waals surface area contributed by atoms with Crippen LogP contribution in [0.3, 0.4) is 0 Å². The van der Waals surface area contributed by atoms with Crippen molar-refractivity contribution in [2.45, 2.75) is 20.8 Å². The molecule has 2 aromatic heterocycles. The summed E-state index contributed by atoms with van der Waals surface area (Å²) >= 11 is 0. The smallest absolute Gasteiger partial charge is 0.216 e. The maximum Gasteiger partial charge on any atom is 0.252 e. The van der Waals surface area contributed by atoms with E-state index in [1.807, 2.05) is 19.1 Å². The van der Waals surface area contributed by atoms with Gasteiger partial charge < -0.3 is 0 Å². The fourth-order valence-corrected chi connectivity index (χ4v) is 2.37. The first-order valence-electron chi connectivity index (χ1n) is 5.91. The standard InChI is InChI=1S/C14H14N4/c1-9-6-4-5-7-12(9)13-10(2)17-14-15-8-16-18(14)11(13)3/h4-8H,1-3H3. The van der Waals surface area contributed by atoms with Gasteiger partial charge in [0.25, 0.3) is 5.78 Å². The molecule has 0 radical (unpaired) electrons. The summed E-state index contributed by atoms with van der Waals surface area (Å²) < 4.78 is 1.79. The van der Waals surface area contributed by atoms with Crippen molar-refractivity contribution >= 4 is 5.78 Å². The third-order valence-corrected chi connectivity index (χ3v) is 3.25. The SMILES string of the molecule is Cc1ccccc1-c1c(C)nc2ncnn2c1C. The van der Waals surface area contributed by atoms with E-state index in [-0.39, 0.29) is 0 Å². The topological polar surface area (TPSA) is 43.1 Å². The summed E-state index contributed by atoms with van der Waals surface area (Å²) in [6, 6.07) is 8.33. The van der Waals surface area contributed by atoms with Gasteiger partial charge in [0.1, 0.15) is 6.33 Å². The molecule has 0 bridgehead atoms. The highest BCUT2D eigenvalue weighted by Gasteiger charge is 2.13. The van der Waals surface area contributed by atoms with Crippen LogP contribution in [0.4, 0.5) is 0 Å². The summed E-state index contributed by atoms with van der Waals surface area (Å²) in [5.41, 5.74) is 5.65. The molecule has 0 unspecified atom stereocenters. The minimum atomic E-state index is 0.655. The normalized spacial score (nSPS) is 11.1. The molecule has 0 aliphatic rings. The van der Waals surface area contributed by atoms with Crippen LogP contribution in [-0.2, 0) is 0 Å². The Bertz CT molecular complexity index is 728. The van der Waals surface area contributed by atoms with Crippen LogP contribution >= 0.6 is 0 Å². The monoisotopic (exact) mass is 238 g/mol. The molecule has 90 valence electrons. The van der Waals surface area contributed by atoms with Crippen LogP contribution in [0, 0.1) is 20.8 Å². The number of aromatic nitrogens is 4. The fraction of sp³-hybridized carbons (Fsp3) is 0.214. The molecule has 0 atom stereocenters. The Morgan fingerprint density at radius 2 is 1.83 bits per heavy atom. The molecule has 18 heavy (non-hydrogen) atoms. The first-order chi connectivity index (χ1) is 8.68.